The van der Waals surface area contributed by atoms with Gasteiger partial charge in [-0.2, -0.15) is 0 Å². The predicted molar refractivity (Wildman–Crippen MR) is 67.7 cm³/mol. The van der Waals surface area contributed by atoms with E-state index >= 15 is 0 Å². The molecule has 0 unspecified atom stereocenters. The van der Waals surface area contributed by atoms with Crippen LogP contribution in [-0.2, 0) is 0 Å². The monoisotopic (exact) mass is 231 g/mol. The number of rotatable bonds is 2. The highest BCUT2D eigenvalue weighted by Gasteiger charge is 2.11. The highest BCUT2D eigenvalue weighted by atomic mass is 16.2. The lowest BCUT2D eigenvalue weighted by Gasteiger charge is -2.14. The summed E-state index contributed by atoms with van der Waals surface area (Å²) < 4.78 is 0. The summed E-state index contributed by atoms with van der Waals surface area (Å²) in [5, 5.41) is 3.27. The Hall–Kier alpha value is -1.68. The second kappa shape index (κ2) is 5.10. The Balaban J connectivity index is 2.18. The third-order valence-electron chi connectivity index (χ3n) is 2.82. The van der Waals surface area contributed by atoms with Crippen LogP contribution < -0.4 is 5.32 Å². The molecule has 0 radical (unpaired) electrons. The van der Waals surface area contributed by atoms with Crippen LogP contribution >= 0.6 is 0 Å². The van der Waals surface area contributed by atoms with E-state index in [1.165, 1.54) is 10.5 Å². The lowest BCUT2D eigenvalue weighted by molar-refractivity contribution is 0.0822. The van der Waals surface area contributed by atoms with Gasteiger partial charge >= 0.3 is 0 Å². The first-order valence-corrected chi connectivity index (χ1v) is 5.76. The van der Waals surface area contributed by atoms with Crippen LogP contribution in [0.15, 0.2) is 24.4 Å². The van der Waals surface area contributed by atoms with E-state index in [1.54, 1.807) is 26.4 Å². The molecule has 2 heterocycles. The molecule has 17 heavy (non-hydrogen) atoms. The number of hydrogen-bond donors (Lipinski definition) is 1. The molecule has 0 fully saturated rings. The summed E-state index contributed by atoms with van der Waals surface area (Å²) in [5.41, 5.74) is 2.91. The van der Waals surface area contributed by atoms with Gasteiger partial charge in [0.15, 0.2) is 0 Å². The van der Waals surface area contributed by atoms with Gasteiger partial charge in [-0.1, -0.05) is 12.1 Å². The smallest absolute Gasteiger partial charge is 0.271 e. The van der Waals surface area contributed by atoms with Crippen LogP contribution in [0.25, 0.3) is 5.57 Å². The van der Waals surface area contributed by atoms with E-state index in [4.69, 9.17) is 0 Å². The molecule has 1 aliphatic rings. The van der Waals surface area contributed by atoms with Gasteiger partial charge < -0.3 is 10.2 Å². The SMILES string of the molecule is CN(C)C(=O)c1ccc(C2=CCNCC2)cn1. The fraction of sp³-hybridized carbons (Fsp3) is 0.385. The van der Waals surface area contributed by atoms with E-state index in [2.05, 4.69) is 16.4 Å². The van der Waals surface area contributed by atoms with Gasteiger partial charge in [-0.25, -0.2) is 0 Å². The fourth-order valence-corrected chi connectivity index (χ4v) is 1.82. The van der Waals surface area contributed by atoms with E-state index in [-0.39, 0.29) is 5.91 Å². The summed E-state index contributed by atoms with van der Waals surface area (Å²) in [6.07, 6.45) is 4.98. The van der Waals surface area contributed by atoms with E-state index in [0.29, 0.717) is 5.69 Å². The van der Waals surface area contributed by atoms with Crippen molar-refractivity contribution >= 4 is 11.5 Å². The summed E-state index contributed by atoms with van der Waals surface area (Å²) in [5.74, 6) is -0.0594. The van der Waals surface area contributed by atoms with Crippen molar-refractivity contribution in [1.82, 2.24) is 15.2 Å². The lowest BCUT2D eigenvalue weighted by atomic mass is 10.0. The van der Waals surface area contributed by atoms with Crippen LogP contribution in [0.5, 0.6) is 0 Å². The molecule has 0 spiro atoms. The number of hydrogen-bond acceptors (Lipinski definition) is 3. The second-order valence-corrected chi connectivity index (χ2v) is 4.32. The molecule has 0 bridgehead atoms. The van der Waals surface area contributed by atoms with Crippen molar-refractivity contribution in [1.29, 1.82) is 0 Å². The molecular weight excluding hydrogens is 214 g/mol. The molecule has 1 aliphatic heterocycles. The number of nitrogens with one attached hydrogen (secondary N) is 1. The Morgan fingerprint density at radius 2 is 2.24 bits per heavy atom. The van der Waals surface area contributed by atoms with Crippen LogP contribution in [0.2, 0.25) is 0 Å². The van der Waals surface area contributed by atoms with Crippen molar-refractivity contribution in [2.75, 3.05) is 27.2 Å². The van der Waals surface area contributed by atoms with Gasteiger partial charge in [0.1, 0.15) is 5.69 Å². The lowest BCUT2D eigenvalue weighted by Crippen LogP contribution is -2.23. The summed E-state index contributed by atoms with van der Waals surface area (Å²) in [6.45, 7) is 1.91. The number of carbonyl (C=O) groups excluding carboxylic acids is 1. The maximum absolute atomic E-state index is 11.7. The largest absolute Gasteiger partial charge is 0.343 e. The zero-order valence-corrected chi connectivity index (χ0v) is 10.2. The molecule has 1 aromatic heterocycles. The molecule has 0 atom stereocenters. The molecule has 4 heteroatoms. The zero-order chi connectivity index (χ0) is 12.3. The minimum absolute atomic E-state index is 0.0594. The Morgan fingerprint density at radius 3 is 2.76 bits per heavy atom. The van der Waals surface area contributed by atoms with Gasteiger partial charge in [0, 0.05) is 26.8 Å². The van der Waals surface area contributed by atoms with E-state index in [0.717, 1.165) is 25.1 Å². The standard InChI is InChI=1S/C13H17N3O/c1-16(2)13(17)12-4-3-11(9-15-12)10-5-7-14-8-6-10/h3-5,9,14H,6-8H2,1-2H3. The Bertz CT molecular complexity index is 434. The molecule has 0 aromatic carbocycles. The summed E-state index contributed by atoms with van der Waals surface area (Å²) in [7, 11) is 3.46. The molecule has 2 rings (SSSR count). The average molecular weight is 231 g/mol. The molecule has 4 nitrogen and oxygen atoms in total. The maximum atomic E-state index is 11.7. The average Bonchev–Trinajstić information content (AvgIpc) is 2.39. The minimum Gasteiger partial charge on any atom is -0.343 e. The van der Waals surface area contributed by atoms with Crippen molar-refractivity contribution < 1.29 is 4.79 Å². The fourth-order valence-electron chi connectivity index (χ4n) is 1.82. The quantitative estimate of drug-likeness (QED) is 0.830. The number of amides is 1. The molecule has 0 saturated carbocycles. The molecular formula is C13H17N3O. The second-order valence-electron chi connectivity index (χ2n) is 4.32. The molecule has 90 valence electrons. The minimum atomic E-state index is -0.0594. The first kappa shape index (κ1) is 11.8. The van der Waals surface area contributed by atoms with Crippen molar-refractivity contribution in [2.45, 2.75) is 6.42 Å². The van der Waals surface area contributed by atoms with Crippen molar-refractivity contribution in [3.63, 3.8) is 0 Å². The predicted octanol–water partition coefficient (Wildman–Crippen LogP) is 1.16. The molecule has 1 amide bonds. The normalized spacial score (nSPS) is 15.3. The third-order valence-corrected chi connectivity index (χ3v) is 2.82. The first-order valence-electron chi connectivity index (χ1n) is 5.76. The summed E-state index contributed by atoms with van der Waals surface area (Å²) in [6, 6.07) is 3.77. The van der Waals surface area contributed by atoms with Gasteiger partial charge in [0.2, 0.25) is 0 Å². The van der Waals surface area contributed by atoms with Gasteiger partial charge in [0.25, 0.3) is 5.91 Å². The summed E-state index contributed by atoms with van der Waals surface area (Å²) in [4.78, 5) is 17.4. The zero-order valence-electron chi connectivity index (χ0n) is 10.2. The van der Waals surface area contributed by atoms with Crippen LogP contribution in [0.4, 0.5) is 0 Å². The van der Waals surface area contributed by atoms with Gasteiger partial charge in [-0.15, -0.1) is 0 Å². The highest BCUT2D eigenvalue weighted by Crippen LogP contribution is 2.18. The van der Waals surface area contributed by atoms with Crippen LogP contribution in [0, 0.1) is 0 Å². The number of pyridine rings is 1. The summed E-state index contributed by atoms with van der Waals surface area (Å²) >= 11 is 0. The Morgan fingerprint density at radius 1 is 1.41 bits per heavy atom. The third kappa shape index (κ3) is 2.71. The molecule has 1 N–H and O–H groups in total. The van der Waals surface area contributed by atoms with Gasteiger partial charge in [0.05, 0.1) is 0 Å². The van der Waals surface area contributed by atoms with Gasteiger partial charge in [-0.05, 0) is 30.2 Å². The molecule has 1 aromatic rings. The van der Waals surface area contributed by atoms with Crippen LogP contribution in [-0.4, -0.2) is 43.0 Å². The van der Waals surface area contributed by atoms with Crippen molar-refractivity contribution in [3.8, 4) is 0 Å². The van der Waals surface area contributed by atoms with Gasteiger partial charge in [-0.3, -0.25) is 9.78 Å². The van der Waals surface area contributed by atoms with E-state index < -0.39 is 0 Å². The first-order chi connectivity index (χ1) is 8.18. The van der Waals surface area contributed by atoms with Crippen molar-refractivity contribution in [2.24, 2.45) is 0 Å². The Kier molecular flexibility index (Phi) is 3.54. The number of nitrogens with zero attached hydrogens (tertiary/aromatic N) is 2. The molecule has 0 saturated heterocycles. The van der Waals surface area contributed by atoms with E-state index in [1.807, 2.05) is 6.07 Å². The number of carbonyl (C=O) groups is 1. The highest BCUT2D eigenvalue weighted by molar-refractivity contribution is 5.92. The maximum Gasteiger partial charge on any atom is 0.271 e. The Labute approximate surface area is 101 Å². The van der Waals surface area contributed by atoms with Crippen molar-refractivity contribution in [3.05, 3.63) is 35.7 Å². The van der Waals surface area contributed by atoms with E-state index in [9.17, 15) is 4.79 Å². The number of aromatic nitrogens is 1. The topological polar surface area (TPSA) is 45.2 Å². The molecule has 0 aliphatic carbocycles. The van der Waals surface area contributed by atoms with Crippen LogP contribution in [0.3, 0.4) is 0 Å². The van der Waals surface area contributed by atoms with Crippen LogP contribution in [0.1, 0.15) is 22.5 Å².